The topological polar surface area (TPSA) is 63.7 Å². The summed E-state index contributed by atoms with van der Waals surface area (Å²) in [6.07, 6.45) is 1.00. The zero-order chi connectivity index (χ0) is 16.5. The molecule has 1 fully saturated rings. The molecule has 1 saturated heterocycles. The number of nitrogens with zero attached hydrogens (tertiary/aromatic N) is 1. The van der Waals surface area contributed by atoms with Crippen molar-refractivity contribution in [1.82, 2.24) is 4.31 Å². The van der Waals surface area contributed by atoms with Gasteiger partial charge in [-0.05, 0) is 30.4 Å². The van der Waals surface area contributed by atoms with E-state index in [-0.39, 0.29) is 15.5 Å². The van der Waals surface area contributed by atoms with Gasteiger partial charge >= 0.3 is 5.97 Å². The van der Waals surface area contributed by atoms with Crippen LogP contribution in [0.2, 0.25) is 5.02 Å². The molecule has 0 radical (unpaired) electrons. The minimum atomic E-state index is -3.73. The van der Waals surface area contributed by atoms with E-state index < -0.39 is 16.0 Å². The molecule has 0 bridgehead atoms. The highest BCUT2D eigenvalue weighted by atomic mass is 35.5. The Morgan fingerprint density at radius 1 is 1.27 bits per heavy atom. The Bertz CT molecular complexity index is 664. The average Bonchev–Trinajstić information content (AvgIpc) is 2.45. The summed E-state index contributed by atoms with van der Waals surface area (Å²) in [5.41, 5.74) is 0.0587. The highest BCUT2D eigenvalue weighted by Gasteiger charge is 2.33. The van der Waals surface area contributed by atoms with Crippen LogP contribution < -0.4 is 0 Å². The third-order valence-electron chi connectivity index (χ3n) is 3.82. The Kier molecular flexibility index (Phi) is 5.14. The fraction of sp³-hybridized carbons (Fsp3) is 0.533. The van der Waals surface area contributed by atoms with Crippen LogP contribution in [0, 0.1) is 11.8 Å². The zero-order valence-corrected chi connectivity index (χ0v) is 14.4. The van der Waals surface area contributed by atoms with Crippen molar-refractivity contribution < 1.29 is 17.9 Å². The van der Waals surface area contributed by atoms with Gasteiger partial charge in [-0.15, -0.1) is 0 Å². The molecule has 1 aromatic carbocycles. The summed E-state index contributed by atoms with van der Waals surface area (Å²) in [6.45, 7) is 4.99. The predicted octanol–water partition coefficient (Wildman–Crippen LogP) is 2.79. The number of ether oxygens (including phenoxy) is 1. The number of benzene rings is 1. The Labute approximate surface area is 136 Å². The van der Waals surface area contributed by atoms with Crippen LogP contribution in [0.4, 0.5) is 0 Å². The Hall–Kier alpha value is -1.11. The van der Waals surface area contributed by atoms with Crippen LogP contribution in [0.5, 0.6) is 0 Å². The van der Waals surface area contributed by atoms with E-state index in [2.05, 4.69) is 4.74 Å². The van der Waals surface area contributed by atoms with Crippen molar-refractivity contribution in [2.45, 2.75) is 25.2 Å². The van der Waals surface area contributed by atoms with Gasteiger partial charge in [0.2, 0.25) is 10.0 Å². The molecular formula is C15H20ClNO4S. The summed E-state index contributed by atoms with van der Waals surface area (Å²) in [4.78, 5) is 11.6. The lowest BCUT2D eigenvalue weighted by Gasteiger charge is -2.34. The molecule has 1 aromatic rings. The van der Waals surface area contributed by atoms with Gasteiger partial charge in [0.15, 0.2) is 0 Å². The molecule has 0 amide bonds. The first-order valence-corrected chi connectivity index (χ1v) is 8.96. The van der Waals surface area contributed by atoms with E-state index in [1.165, 1.54) is 29.6 Å². The van der Waals surface area contributed by atoms with Gasteiger partial charge in [-0.1, -0.05) is 31.5 Å². The molecule has 5 nitrogen and oxygen atoms in total. The monoisotopic (exact) mass is 345 g/mol. The van der Waals surface area contributed by atoms with Crippen molar-refractivity contribution in [2.24, 2.45) is 11.8 Å². The van der Waals surface area contributed by atoms with E-state index >= 15 is 0 Å². The van der Waals surface area contributed by atoms with Crippen molar-refractivity contribution in [3.8, 4) is 0 Å². The van der Waals surface area contributed by atoms with Crippen LogP contribution in [-0.2, 0) is 14.8 Å². The SMILES string of the molecule is COC(=O)c1cccc(S(=O)(=O)N2CC(C)CC(C)C2)c1Cl. The quantitative estimate of drug-likeness (QED) is 0.790. The minimum absolute atomic E-state index is 0.0432. The summed E-state index contributed by atoms with van der Waals surface area (Å²) < 4.78 is 31.8. The number of piperidine rings is 1. The third-order valence-corrected chi connectivity index (χ3v) is 6.22. The normalized spacial score (nSPS) is 23.3. The second-order valence-electron chi connectivity index (χ2n) is 5.88. The molecule has 122 valence electrons. The number of rotatable bonds is 3. The Balaban J connectivity index is 2.44. The van der Waals surface area contributed by atoms with Gasteiger partial charge in [-0.3, -0.25) is 0 Å². The maximum Gasteiger partial charge on any atom is 0.339 e. The maximum atomic E-state index is 12.9. The molecule has 22 heavy (non-hydrogen) atoms. The van der Waals surface area contributed by atoms with E-state index in [9.17, 15) is 13.2 Å². The van der Waals surface area contributed by atoms with Crippen LogP contribution in [-0.4, -0.2) is 38.9 Å². The van der Waals surface area contributed by atoms with Crippen LogP contribution in [0.3, 0.4) is 0 Å². The van der Waals surface area contributed by atoms with E-state index in [1.54, 1.807) is 0 Å². The molecule has 0 N–H and O–H groups in total. The van der Waals surface area contributed by atoms with Crippen LogP contribution in [0.1, 0.15) is 30.6 Å². The molecule has 0 spiro atoms. The zero-order valence-electron chi connectivity index (χ0n) is 12.9. The third kappa shape index (κ3) is 3.29. The molecule has 1 aliphatic heterocycles. The molecule has 2 atom stereocenters. The van der Waals surface area contributed by atoms with E-state index in [0.717, 1.165) is 6.42 Å². The highest BCUT2D eigenvalue weighted by molar-refractivity contribution is 7.89. The van der Waals surface area contributed by atoms with Gasteiger partial charge < -0.3 is 4.74 Å². The van der Waals surface area contributed by atoms with Gasteiger partial charge in [-0.25, -0.2) is 13.2 Å². The summed E-state index contributed by atoms with van der Waals surface area (Å²) in [5.74, 6) is -0.0652. The van der Waals surface area contributed by atoms with E-state index in [0.29, 0.717) is 24.9 Å². The van der Waals surface area contributed by atoms with Crippen LogP contribution in [0.25, 0.3) is 0 Å². The number of esters is 1. The fourth-order valence-electron chi connectivity index (χ4n) is 2.92. The van der Waals surface area contributed by atoms with Crippen molar-refractivity contribution in [2.75, 3.05) is 20.2 Å². The molecule has 2 unspecified atom stereocenters. The summed E-state index contributed by atoms with van der Waals surface area (Å²) in [7, 11) is -2.50. The Morgan fingerprint density at radius 3 is 2.41 bits per heavy atom. The lowest BCUT2D eigenvalue weighted by atomic mass is 9.94. The van der Waals surface area contributed by atoms with Gasteiger partial charge in [-0.2, -0.15) is 4.31 Å². The van der Waals surface area contributed by atoms with Gasteiger partial charge in [0.1, 0.15) is 4.90 Å². The van der Waals surface area contributed by atoms with Gasteiger partial charge in [0, 0.05) is 13.1 Å². The summed E-state index contributed by atoms with van der Waals surface area (Å²) >= 11 is 6.15. The first kappa shape index (κ1) is 17.2. The highest BCUT2D eigenvalue weighted by Crippen LogP contribution is 2.32. The van der Waals surface area contributed by atoms with Crippen molar-refractivity contribution >= 4 is 27.6 Å². The first-order valence-electron chi connectivity index (χ1n) is 7.14. The van der Waals surface area contributed by atoms with Crippen LogP contribution in [0.15, 0.2) is 23.1 Å². The van der Waals surface area contributed by atoms with Crippen molar-refractivity contribution in [3.05, 3.63) is 28.8 Å². The van der Waals surface area contributed by atoms with E-state index in [1.807, 2.05) is 13.8 Å². The molecule has 2 rings (SSSR count). The number of halogens is 1. The van der Waals surface area contributed by atoms with Crippen molar-refractivity contribution in [1.29, 1.82) is 0 Å². The molecule has 7 heteroatoms. The summed E-state index contributed by atoms with van der Waals surface area (Å²) in [5, 5.41) is -0.0831. The molecule has 0 aliphatic carbocycles. The first-order chi connectivity index (χ1) is 10.3. The largest absolute Gasteiger partial charge is 0.465 e. The standard InChI is InChI=1S/C15H20ClNO4S/c1-10-7-11(2)9-17(8-10)22(19,20)13-6-4-5-12(14(13)16)15(18)21-3/h4-6,10-11H,7-9H2,1-3H3. The number of methoxy groups -OCH3 is 1. The molecular weight excluding hydrogens is 326 g/mol. The number of hydrogen-bond donors (Lipinski definition) is 0. The smallest absolute Gasteiger partial charge is 0.339 e. The molecule has 1 heterocycles. The molecule has 1 aliphatic rings. The van der Waals surface area contributed by atoms with Crippen molar-refractivity contribution in [3.63, 3.8) is 0 Å². The van der Waals surface area contributed by atoms with Gasteiger partial charge in [0.05, 0.1) is 17.7 Å². The van der Waals surface area contributed by atoms with E-state index in [4.69, 9.17) is 11.6 Å². The minimum Gasteiger partial charge on any atom is -0.465 e. The lowest BCUT2D eigenvalue weighted by molar-refractivity contribution is 0.0600. The average molecular weight is 346 g/mol. The fourth-order valence-corrected chi connectivity index (χ4v) is 5.18. The number of carbonyl (C=O) groups excluding carboxylic acids is 1. The molecule has 0 aromatic heterocycles. The second-order valence-corrected chi connectivity index (χ2v) is 8.16. The summed E-state index contributed by atoms with van der Waals surface area (Å²) in [6, 6.07) is 4.38. The molecule has 0 saturated carbocycles. The van der Waals surface area contributed by atoms with Crippen LogP contribution >= 0.6 is 11.6 Å². The van der Waals surface area contributed by atoms with Gasteiger partial charge in [0.25, 0.3) is 0 Å². The Morgan fingerprint density at radius 2 is 1.86 bits per heavy atom. The predicted molar refractivity (Wildman–Crippen MR) is 84.5 cm³/mol. The lowest BCUT2D eigenvalue weighted by Crippen LogP contribution is -2.42. The number of carbonyl (C=O) groups is 1. The number of hydrogen-bond acceptors (Lipinski definition) is 4. The maximum absolute atomic E-state index is 12.9. The second kappa shape index (κ2) is 6.56. The number of sulfonamides is 1.